The Morgan fingerprint density at radius 2 is 2.08 bits per heavy atom. The molecule has 0 saturated carbocycles. The first kappa shape index (κ1) is 16.5. The summed E-state index contributed by atoms with van der Waals surface area (Å²) in [7, 11) is 1.49. The van der Waals surface area contributed by atoms with Crippen LogP contribution in [0.5, 0.6) is 0 Å². The van der Waals surface area contributed by atoms with E-state index in [4.69, 9.17) is 6.57 Å². The molecule has 5 nitrogen and oxygen atoms in total. The van der Waals surface area contributed by atoms with Crippen molar-refractivity contribution in [3.05, 3.63) is 52.8 Å². The number of hydrogen-bond donors (Lipinski definition) is 1. The lowest BCUT2D eigenvalue weighted by Gasteiger charge is -2.38. The number of anilines is 1. The van der Waals surface area contributed by atoms with Crippen LogP contribution in [0.25, 0.3) is 4.85 Å². The number of halogens is 1. The van der Waals surface area contributed by atoms with E-state index in [9.17, 15) is 9.18 Å². The monoisotopic (exact) mass is 328 g/mol. The van der Waals surface area contributed by atoms with E-state index >= 15 is 0 Å². The van der Waals surface area contributed by atoms with Gasteiger partial charge in [0.25, 0.3) is 5.91 Å². The molecule has 1 aliphatic carbocycles. The average Bonchev–Trinajstić information content (AvgIpc) is 3.10. The third-order valence-electron chi connectivity index (χ3n) is 4.80. The quantitative estimate of drug-likeness (QED) is 0.866. The van der Waals surface area contributed by atoms with Crippen LogP contribution in [0.1, 0.15) is 23.2 Å². The van der Waals surface area contributed by atoms with E-state index in [1.165, 1.54) is 19.2 Å². The van der Waals surface area contributed by atoms with E-state index in [1.54, 1.807) is 6.07 Å². The second-order valence-electron chi connectivity index (χ2n) is 6.14. The highest BCUT2D eigenvalue weighted by atomic mass is 19.1. The highest BCUT2D eigenvalue weighted by Gasteiger charge is 2.26. The largest absolute Gasteiger partial charge is 0.369 e. The van der Waals surface area contributed by atoms with Crippen LogP contribution in [0.4, 0.5) is 10.1 Å². The molecule has 1 fully saturated rings. The Labute approximate surface area is 141 Å². The Kier molecular flexibility index (Phi) is 4.81. The first-order chi connectivity index (χ1) is 11.6. The summed E-state index contributed by atoms with van der Waals surface area (Å²) in [6, 6.07) is 5.14. The molecule has 0 unspecified atom stereocenters. The van der Waals surface area contributed by atoms with Gasteiger partial charge in [-0.1, -0.05) is 6.08 Å². The molecule has 1 aliphatic heterocycles. The lowest BCUT2D eigenvalue weighted by molar-refractivity contribution is 0.0959. The molecule has 1 aromatic carbocycles. The number of allylic oxidation sites excluding steroid dienone is 1. The van der Waals surface area contributed by atoms with E-state index in [1.807, 2.05) is 0 Å². The van der Waals surface area contributed by atoms with Gasteiger partial charge in [-0.2, -0.15) is 0 Å². The van der Waals surface area contributed by atoms with Crippen molar-refractivity contribution in [1.82, 2.24) is 10.2 Å². The Morgan fingerprint density at radius 3 is 2.67 bits per heavy atom. The van der Waals surface area contributed by atoms with E-state index < -0.39 is 11.7 Å². The molecule has 2 aliphatic rings. The van der Waals surface area contributed by atoms with Crippen LogP contribution in [0, 0.1) is 12.4 Å². The summed E-state index contributed by atoms with van der Waals surface area (Å²) in [5.74, 6) is -0.901. The number of rotatable bonds is 3. The maximum absolute atomic E-state index is 14.1. The van der Waals surface area contributed by atoms with Gasteiger partial charge >= 0.3 is 0 Å². The van der Waals surface area contributed by atoms with E-state index in [-0.39, 0.29) is 5.56 Å². The number of amides is 1. The molecule has 0 radical (unpaired) electrons. The van der Waals surface area contributed by atoms with Crippen molar-refractivity contribution in [2.75, 3.05) is 38.1 Å². The molecule has 0 aromatic heterocycles. The molecule has 1 atom stereocenters. The van der Waals surface area contributed by atoms with Crippen LogP contribution in [0.3, 0.4) is 0 Å². The van der Waals surface area contributed by atoms with Gasteiger partial charge in [-0.05, 0) is 31.0 Å². The SMILES string of the molecule is [C-]#[N+]C1=C[C@H](N2CCN(c3ccc(C(=O)NC)c(F)c3)CC2)CC1. The van der Waals surface area contributed by atoms with Gasteiger partial charge < -0.3 is 10.2 Å². The maximum atomic E-state index is 14.1. The van der Waals surface area contributed by atoms with Crippen molar-refractivity contribution in [2.45, 2.75) is 18.9 Å². The Bertz CT molecular complexity index is 701. The average molecular weight is 328 g/mol. The zero-order chi connectivity index (χ0) is 17.1. The predicted octanol–water partition coefficient (Wildman–Crippen LogP) is 2.27. The zero-order valence-electron chi connectivity index (χ0n) is 13.8. The standard InChI is InChI=1S/C18H21FN4O/c1-20-13-3-4-14(11-13)22-7-9-23(10-8-22)15-5-6-16(17(19)12-15)18(24)21-2/h5-6,11-12,14H,3-4,7-10H2,2H3,(H,21,24)/t14-/m1/s1. The lowest BCUT2D eigenvalue weighted by atomic mass is 10.1. The maximum Gasteiger partial charge on any atom is 0.253 e. The van der Waals surface area contributed by atoms with Crippen molar-refractivity contribution in [3.63, 3.8) is 0 Å². The van der Waals surface area contributed by atoms with E-state index in [0.29, 0.717) is 6.04 Å². The Hall–Kier alpha value is -2.39. The second-order valence-corrected chi connectivity index (χ2v) is 6.14. The molecule has 1 saturated heterocycles. The topological polar surface area (TPSA) is 39.9 Å². The summed E-state index contributed by atoms with van der Waals surface area (Å²) in [4.78, 5) is 19.6. The highest BCUT2D eigenvalue weighted by molar-refractivity contribution is 5.94. The van der Waals surface area contributed by atoms with Crippen molar-refractivity contribution in [2.24, 2.45) is 0 Å². The van der Waals surface area contributed by atoms with Gasteiger partial charge in [0.15, 0.2) is 5.70 Å². The summed E-state index contributed by atoms with van der Waals surface area (Å²) in [5.41, 5.74) is 1.75. The molecule has 3 rings (SSSR count). The molecule has 0 bridgehead atoms. The molecule has 1 amide bonds. The molecule has 126 valence electrons. The molecule has 1 heterocycles. The first-order valence-corrected chi connectivity index (χ1v) is 8.21. The van der Waals surface area contributed by atoms with Crippen molar-refractivity contribution < 1.29 is 9.18 Å². The molecule has 24 heavy (non-hydrogen) atoms. The molecule has 6 heteroatoms. The van der Waals surface area contributed by atoms with Crippen LogP contribution < -0.4 is 10.2 Å². The first-order valence-electron chi connectivity index (χ1n) is 8.21. The number of piperazine rings is 1. The van der Waals surface area contributed by atoms with E-state index in [0.717, 1.165) is 50.4 Å². The van der Waals surface area contributed by atoms with Gasteiger partial charge in [0, 0.05) is 45.0 Å². The summed E-state index contributed by atoms with van der Waals surface area (Å²) in [5, 5.41) is 2.44. The minimum Gasteiger partial charge on any atom is -0.369 e. The van der Waals surface area contributed by atoms with Crippen LogP contribution in [-0.2, 0) is 0 Å². The van der Waals surface area contributed by atoms with Crippen molar-refractivity contribution in [3.8, 4) is 0 Å². The summed E-state index contributed by atoms with van der Waals surface area (Å²) < 4.78 is 14.1. The highest BCUT2D eigenvalue weighted by Crippen LogP contribution is 2.26. The number of carbonyl (C=O) groups is 1. The third-order valence-corrected chi connectivity index (χ3v) is 4.80. The molecule has 1 N–H and O–H groups in total. The van der Waals surface area contributed by atoms with Crippen LogP contribution in [0.2, 0.25) is 0 Å². The Morgan fingerprint density at radius 1 is 1.33 bits per heavy atom. The number of carbonyl (C=O) groups excluding carboxylic acids is 1. The number of nitrogens with one attached hydrogen (secondary N) is 1. The summed E-state index contributed by atoms with van der Waals surface area (Å²) in [6.07, 6.45) is 3.98. The molecule has 1 aromatic rings. The van der Waals surface area contributed by atoms with Gasteiger partial charge in [0.2, 0.25) is 0 Å². The minimum atomic E-state index is -0.491. The van der Waals surface area contributed by atoms with Crippen molar-refractivity contribution >= 4 is 11.6 Å². The van der Waals surface area contributed by atoms with Gasteiger partial charge in [-0.15, -0.1) is 0 Å². The molecular weight excluding hydrogens is 307 g/mol. The van der Waals surface area contributed by atoms with E-state index in [2.05, 4.69) is 26.0 Å². The summed E-state index contributed by atoms with van der Waals surface area (Å²) >= 11 is 0. The summed E-state index contributed by atoms with van der Waals surface area (Å²) in [6.45, 7) is 10.5. The minimum absolute atomic E-state index is 0.0719. The number of nitrogens with zero attached hydrogens (tertiary/aromatic N) is 3. The fourth-order valence-corrected chi connectivity index (χ4v) is 3.40. The molecular formula is C18H21FN4O. The number of hydrogen-bond acceptors (Lipinski definition) is 3. The lowest BCUT2D eigenvalue weighted by Crippen LogP contribution is -2.49. The van der Waals surface area contributed by atoms with Gasteiger partial charge in [0.05, 0.1) is 12.1 Å². The fourth-order valence-electron chi connectivity index (χ4n) is 3.40. The number of benzene rings is 1. The fraction of sp³-hybridized carbons (Fsp3) is 0.444. The van der Waals surface area contributed by atoms with Crippen molar-refractivity contribution in [1.29, 1.82) is 0 Å². The predicted molar refractivity (Wildman–Crippen MR) is 91.3 cm³/mol. The van der Waals surface area contributed by atoms with Crippen LogP contribution in [0.15, 0.2) is 30.0 Å². The van der Waals surface area contributed by atoms with Crippen LogP contribution in [-0.4, -0.2) is 50.1 Å². The van der Waals surface area contributed by atoms with Gasteiger partial charge in [-0.3, -0.25) is 9.69 Å². The molecule has 0 spiro atoms. The van der Waals surface area contributed by atoms with Crippen LogP contribution >= 0.6 is 0 Å². The van der Waals surface area contributed by atoms with Gasteiger partial charge in [-0.25, -0.2) is 9.24 Å². The van der Waals surface area contributed by atoms with Gasteiger partial charge in [0.1, 0.15) is 5.82 Å². The third kappa shape index (κ3) is 3.26. The second kappa shape index (κ2) is 7.02. The zero-order valence-corrected chi connectivity index (χ0v) is 13.8. The Balaban J connectivity index is 1.63. The normalized spacial score (nSPS) is 21.3. The smallest absolute Gasteiger partial charge is 0.253 e.